The van der Waals surface area contributed by atoms with Crippen LogP contribution in [0.2, 0.25) is 0 Å². The highest BCUT2D eigenvalue weighted by atomic mass is 19.1. The number of aryl methyl sites for hydroxylation is 1. The molecule has 15 heavy (non-hydrogen) atoms. The fraction of sp³-hybridized carbons (Fsp3) is 0.571. The van der Waals surface area contributed by atoms with Crippen molar-refractivity contribution in [1.82, 2.24) is 0 Å². The van der Waals surface area contributed by atoms with E-state index in [1.54, 1.807) is 12.1 Å². The first-order chi connectivity index (χ1) is 7.18. The molecule has 0 heterocycles. The van der Waals surface area contributed by atoms with E-state index in [1.807, 2.05) is 19.9 Å². The number of fused-ring (bicyclic) bond motifs is 1. The maximum atomic E-state index is 12.9. The van der Waals surface area contributed by atoms with Gasteiger partial charge >= 0.3 is 0 Å². The van der Waals surface area contributed by atoms with E-state index < -0.39 is 0 Å². The monoisotopic (exact) mass is 208 g/mol. The molecule has 0 N–H and O–H groups in total. The summed E-state index contributed by atoms with van der Waals surface area (Å²) in [5.41, 5.74) is 2.56. The minimum Gasteiger partial charge on any atom is -0.207 e. The molecule has 1 aromatic rings. The molecule has 0 fully saturated rings. The lowest BCUT2D eigenvalue weighted by molar-refractivity contribution is 0.424. The molecule has 0 aliphatic heterocycles. The Labute approximate surface area is 92.5 Å². The molecule has 0 saturated carbocycles. The largest absolute Gasteiger partial charge is 0.207 e. The minimum atomic E-state index is -0.0968. The van der Waals surface area contributed by atoms with E-state index in [-0.39, 0.29) is 5.82 Å². The summed E-state index contributed by atoms with van der Waals surface area (Å²) < 4.78 is 12.9. The van der Waals surface area contributed by atoms with Crippen LogP contribution in [0.5, 0.6) is 0 Å². The Balaban J connectivity index is 0.000000531. The topological polar surface area (TPSA) is 0 Å². The third-order valence-electron chi connectivity index (χ3n) is 3.32. The van der Waals surface area contributed by atoms with Crippen molar-refractivity contribution in [1.29, 1.82) is 0 Å². The van der Waals surface area contributed by atoms with Crippen molar-refractivity contribution < 1.29 is 4.39 Å². The van der Waals surface area contributed by atoms with E-state index in [0.717, 1.165) is 12.3 Å². The van der Waals surface area contributed by atoms with E-state index in [0.29, 0.717) is 5.92 Å². The van der Waals surface area contributed by atoms with Gasteiger partial charge in [0, 0.05) is 0 Å². The van der Waals surface area contributed by atoms with Crippen molar-refractivity contribution in [3.05, 3.63) is 35.1 Å². The average molecular weight is 208 g/mol. The molecule has 0 spiro atoms. The average Bonchev–Trinajstić information content (AvgIpc) is 2.26. The summed E-state index contributed by atoms with van der Waals surface area (Å²) in [7, 11) is 0. The van der Waals surface area contributed by atoms with Crippen LogP contribution in [0.1, 0.15) is 51.2 Å². The van der Waals surface area contributed by atoms with E-state index in [1.165, 1.54) is 17.5 Å². The molecule has 1 aliphatic rings. The molecule has 1 aliphatic carbocycles. The van der Waals surface area contributed by atoms with Gasteiger partial charge in [0.1, 0.15) is 5.82 Å². The van der Waals surface area contributed by atoms with Gasteiger partial charge in [-0.15, -0.1) is 0 Å². The lowest BCUT2D eigenvalue weighted by Gasteiger charge is -2.28. The molecule has 2 unspecified atom stereocenters. The smallest absolute Gasteiger partial charge is 0.123 e. The van der Waals surface area contributed by atoms with Crippen LogP contribution in [0.3, 0.4) is 0 Å². The second kappa shape index (κ2) is 5.29. The number of rotatable bonds is 0. The molecular weight excluding hydrogens is 187 g/mol. The van der Waals surface area contributed by atoms with Crippen LogP contribution in [-0.4, -0.2) is 0 Å². The molecule has 2 atom stereocenters. The zero-order chi connectivity index (χ0) is 11.4. The maximum Gasteiger partial charge on any atom is 0.123 e. The SMILES string of the molecule is CC.CC1CCc2cc(F)ccc2C1C. The number of hydrogen-bond donors (Lipinski definition) is 0. The summed E-state index contributed by atoms with van der Waals surface area (Å²) >= 11 is 0. The molecule has 0 nitrogen and oxygen atoms in total. The Hall–Kier alpha value is -0.850. The summed E-state index contributed by atoms with van der Waals surface area (Å²) in [6.45, 7) is 8.51. The van der Waals surface area contributed by atoms with E-state index in [4.69, 9.17) is 0 Å². The van der Waals surface area contributed by atoms with Gasteiger partial charge in [0.2, 0.25) is 0 Å². The van der Waals surface area contributed by atoms with Gasteiger partial charge in [-0.3, -0.25) is 0 Å². The second-order valence-electron chi connectivity index (χ2n) is 4.15. The summed E-state index contributed by atoms with van der Waals surface area (Å²) in [4.78, 5) is 0. The number of hydrogen-bond acceptors (Lipinski definition) is 0. The Morgan fingerprint density at radius 1 is 1.20 bits per heavy atom. The first kappa shape index (κ1) is 12.2. The normalized spacial score (nSPS) is 23.8. The van der Waals surface area contributed by atoms with Crippen LogP contribution in [-0.2, 0) is 6.42 Å². The molecule has 0 saturated heterocycles. The van der Waals surface area contributed by atoms with E-state index in [2.05, 4.69) is 13.8 Å². The van der Waals surface area contributed by atoms with Crippen LogP contribution < -0.4 is 0 Å². The molecule has 0 bridgehead atoms. The highest BCUT2D eigenvalue weighted by Gasteiger charge is 2.22. The van der Waals surface area contributed by atoms with Gasteiger partial charge in [-0.05, 0) is 47.9 Å². The molecule has 0 amide bonds. The molecule has 84 valence electrons. The Kier molecular flexibility index (Phi) is 4.31. The fourth-order valence-corrected chi connectivity index (χ4v) is 2.17. The number of benzene rings is 1. The fourth-order valence-electron chi connectivity index (χ4n) is 2.17. The van der Waals surface area contributed by atoms with Crippen molar-refractivity contribution >= 4 is 0 Å². The van der Waals surface area contributed by atoms with Crippen LogP contribution in [0.25, 0.3) is 0 Å². The molecule has 0 aromatic heterocycles. The highest BCUT2D eigenvalue weighted by Crippen LogP contribution is 2.35. The highest BCUT2D eigenvalue weighted by molar-refractivity contribution is 5.33. The number of halogens is 1. The predicted octanol–water partition coefficient (Wildman–Crippen LogP) is 4.54. The molecule has 1 aromatic carbocycles. The van der Waals surface area contributed by atoms with Gasteiger partial charge in [0.15, 0.2) is 0 Å². The van der Waals surface area contributed by atoms with Gasteiger partial charge in [0.25, 0.3) is 0 Å². The zero-order valence-corrected chi connectivity index (χ0v) is 10.2. The van der Waals surface area contributed by atoms with Gasteiger partial charge in [-0.2, -0.15) is 0 Å². The van der Waals surface area contributed by atoms with Crippen LogP contribution >= 0.6 is 0 Å². The summed E-state index contributed by atoms with van der Waals surface area (Å²) in [5.74, 6) is 1.22. The molecule has 1 heteroatoms. The standard InChI is InChI=1S/C12H15F.C2H6/c1-8-3-4-10-7-11(13)5-6-12(10)9(8)2;1-2/h5-9H,3-4H2,1-2H3;1-2H3. The van der Waals surface area contributed by atoms with Crippen molar-refractivity contribution in [3.8, 4) is 0 Å². The third-order valence-corrected chi connectivity index (χ3v) is 3.32. The maximum absolute atomic E-state index is 12.9. The van der Waals surface area contributed by atoms with E-state index >= 15 is 0 Å². The third kappa shape index (κ3) is 2.58. The first-order valence-electron chi connectivity index (χ1n) is 5.97. The quantitative estimate of drug-likeness (QED) is 0.587. The van der Waals surface area contributed by atoms with Crippen LogP contribution in [0.4, 0.5) is 4.39 Å². The first-order valence-corrected chi connectivity index (χ1v) is 5.97. The van der Waals surface area contributed by atoms with E-state index in [9.17, 15) is 4.39 Å². The lowest BCUT2D eigenvalue weighted by atomic mass is 9.77. The van der Waals surface area contributed by atoms with Crippen molar-refractivity contribution in [2.24, 2.45) is 5.92 Å². The lowest BCUT2D eigenvalue weighted by Crippen LogP contribution is -2.15. The van der Waals surface area contributed by atoms with Crippen LogP contribution in [0, 0.1) is 11.7 Å². The van der Waals surface area contributed by atoms with Crippen molar-refractivity contribution in [2.75, 3.05) is 0 Å². The van der Waals surface area contributed by atoms with Crippen molar-refractivity contribution in [3.63, 3.8) is 0 Å². The Morgan fingerprint density at radius 3 is 2.53 bits per heavy atom. The van der Waals surface area contributed by atoms with Gasteiger partial charge in [-0.1, -0.05) is 33.8 Å². The zero-order valence-electron chi connectivity index (χ0n) is 10.2. The predicted molar refractivity (Wildman–Crippen MR) is 63.6 cm³/mol. The molecular formula is C14H21F. The van der Waals surface area contributed by atoms with Crippen molar-refractivity contribution in [2.45, 2.75) is 46.5 Å². The summed E-state index contributed by atoms with van der Waals surface area (Å²) in [5, 5.41) is 0. The summed E-state index contributed by atoms with van der Waals surface area (Å²) in [6.07, 6.45) is 2.23. The van der Waals surface area contributed by atoms with Gasteiger partial charge < -0.3 is 0 Å². The van der Waals surface area contributed by atoms with Crippen LogP contribution in [0.15, 0.2) is 18.2 Å². The Morgan fingerprint density at radius 2 is 1.87 bits per heavy atom. The molecule has 2 rings (SSSR count). The van der Waals surface area contributed by atoms with Gasteiger partial charge in [-0.25, -0.2) is 4.39 Å². The molecule has 0 radical (unpaired) electrons. The Bertz CT molecular complexity index is 317. The van der Waals surface area contributed by atoms with Gasteiger partial charge in [0.05, 0.1) is 0 Å². The second-order valence-corrected chi connectivity index (χ2v) is 4.15. The minimum absolute atomic E-state index is 0.0968. The summed E-state index contributed by atoms with van der Waals surface area (Å²) in [6, 6.07) is 5.22.